The lowest BCUT2D eigenvalue weighted by Crippen LogP contribution is -2.52. The van der Waals surface area contributed by atoms with Gasteiger partial charge in [-0.2, -0.15) is 0 Å². The quantitative estimate of drug-likeness (QED) is 0.264. The molecular weight excluding hydrogens is 550 g/mol. The molecule has 3 aromatic carbocycles. The Morgan fingerprint density at radius 2 is 1.62 bits per heavy atom. The van der Waals surface area contributed by atoms with Gasteiger partial charge >= 0.3 is 0 Å². The second-order valence-corrected chi connectivity index (χ2v) is 12.5. The van der Waals surface area contributed by atoms with E-state index in [2.05, 4.69) is 5.32 Å². The highest BCUT2D eigenvalue weighted by atomic mass is 32.2. The van der Waals surface area contributed by atoms with Gasteiger partial charge in [0.1, 0.15) is 11.8 Å². The molecule has 2 atom stereocenters. The van der Waals surface area contributed by atoms with Crippen LogP contribution < -0.4 is 14.4 Å². The number of sulfonamides is 1. The van der Waals surface area contributed by atoms with Crippen LogP contribution in [0.3, 0.4) is 0 Å². The van der Waals surface area contributed by atoms with E-state index in [0.29, 0.717) is 24.3 Å². The van der Waals surface area contributed by atoms with Crippen LogP contribution in [0.4, 0.5) is 5.69 Å². The first-order valence-corrected chi connectivity index (χ1v) is 16.2. The van der Waals surface area contributed by atoms with Crippen molar-refractivity contribution in [2.24, 2.45) is 0 Å². The SMILES string of the molecule is CC[C@H](C)NC(=O)[C@H](Cc1ccccc1)N(Cc1cccc(OC)c1)C(=O)CCCN(c1ccccc1C)S(C)(=O)=O. The Labute approximate surface area is 250 Å². The molecule has 0 saturated carbocycles. The zero-order valence-corrected chi connectivity index (χ0v) is 26.1. The van der Waals surface area contributed by atoms with E-state index < -0.39 is 16.1 Å². The monoisotopic (exact) mass is 593 g/mol. The molecule has 42 heavy (non-hydrogen) atoms. The Balaban J connectivity index is 1.92. The lowest BCUT2D eigenvalue weighted by Gasteiger charge is -2.33. The van der Waals surface area contributed by atoms with E-state index in [1.807, 2.05) is 87.5 Å². The van der Waals surface area contributed by atoms with Crippen molar-refractivity contribution in [1.82, 2.24) is 10.2 Å². The topological polar surface area (TPSA) is 96.0 Å². The minimum atomic E-state index is -3.57. The van der Waals surface area contributed by atoms with Gasteiger partial charge in [-0.05, 0) is 61.6 Å². The van der Waals surface area contributed by atoms with Crippen LogP contribution in [0.15, 0.2) is 78.9 Å². The summed E-state index contributed by atoms with van der Waals surface area (Å²) in [6.07, 6.45) is 2.64. The van der Waals surface area contributed by atoms with Crippen molar-refractivity contribution in [3.8, 4) is 5.75 Å². The predicted octanol–water partition coefficient (Wildman–Crippen LogP) is 5.10. The van der Waals surface area contributed by atoms with Gasteiger partial charge in [-0.15, -0.1) is 0 Å². The molecule has 1 N–H and O–H groups in total. The van der Waals surface area contributed by atoms with Gasteiger partial charge in [-0.3, -0.25) is 13.9 Å². The third-order valence-electron chi connectivity index (χ3n) is 7.30. The number of anilines is 1. The zero-order chi connectivity index (χ0) is 30.7. The van der Waals surface area contributed by atoms with E-state index in [4.69, 9.17) is 4.74 Å². The maximum atomic E-state index is 14.0. The molecule has 0 aromatic heterocycles. The molecule has 3 aromatic rings. The molecule has 0 heterocycles. The minimum absolute atomic E-state index is 0.0537. The summed E-state index contributed by atoms with van der Waals surface area (Å²) in [6.45, 7) is 6.15. The highest BCUT2D eigenvalue weighted by Gasteiger charge is 2.31. The van der Waals surface area contributed by atoms with Gasteiger partial charge in [0.05, 0.1) is 19.1 Å². The standard InChI is InChI=1S/C33H43N3O5S/c1-6-26(3)34-33(38)31(23-27-15-8-7-9-16-27)35(24-28-17-12-18-29(22-28)41-4)32(37)20-13-21-36(42(5,39)40)30-19-11-10-14-25(30)2/h7-12,14-19,22,26,31H,6,13,20-21,23-24H2,1-5H3,(H,34,38)/t26-,31-/m0/s1. The molecule has 0 saturated heterocycles. The van der Waals surface area contributed by atoms with Crippen molar-refractivity contribution < 1.29 is 22.7 Å². The van der Waals surface area contributed by atoms with Crippen LogP contribution in [0.1, 0.15) is 49.8 Å². The van der Waals surface area contributed by atoms with E-state index >= 15 is 0 Å². The summed E-state index contributed by atoms with van der Waals surface area (Å²) in [7, 11) is -1.99. The van der Waals surface area contributed by atoms with Gasteiger partial charge in [0, 0.05) is 32.0 Å². The number of methoxy groups -OCH3 is 1. The largest absolute Gasteiger partial charge is 0.497 e. The van der Waals surface area contributed by atoms with Crippen molar-refractivity contribution in [1.29, 1.82) is 0 Å². The summed E-state index contributed by atoms with van der Waals surface area (Å²) in [6, 6.07) is 23.6. The molecule has 9 heteroatoms. The van der Waals surface area contributed by atoms with Crippen LogP contribution in [0.2, 0.25) is 0 Å². The molecule has 0 aliphatic rings. The van der Waals surface area contributed by atoms with E-state index in [9.17, 15) is 18.0 Å². The number of carbonyl (C=O) groups excluding carboxylic acids is 2. The van der Waals surface area contributed by atoms with Crippen molar-refractivity contribution >= 4 is 27.5 Å². The molecule has 3 rings (SSSR count). The van der Waals surface area contributed by atoms with Gasteiger partial charge in [0.15, 0.2) is 0 Å². The number of para-hydroxylation sites is 1. The summed E-state index contributed by atoms with van der Waals surface area (Å²) >= 11 is 0. The van der Waals surface area contributed by atoms with Crippen LogP contribution in [0.25, 0.3) is 0 Å². The summed E-state index contributed by atoms with van der Waals surface area (Å²) in [5.41, 5.74) is 3.19. The van der Waals surface area contributed by atoms with Gasteiger partial charge in [0.2, 0.25) is 21.8 Å². The number of amides is 2. The second kappa shape index (κ2) is 15.4. The maximum Gasteiger partial charge on any atom is 0.243 e. The van der Waals surface area contributed by atoms with Crippen LogP contribution in [-0.4, -0.2) is 57.1 Å². The molecule has 8 nitrogen and oxygen atoms in total. The Kier molecular flexibility index (Phi) is 12.0. The molecule has 0 bridgehead atoms. The lowest BCUT2D eigenvalue weighted by atomic mass is 10.0. The fourth-order valence-electron chi connectivity index (χ4n) is 4.79. The number of aryl methyl sites for hydroxylation is 1. The molecule has 0 spiro atoms. The molecule has 0 aliphatic carbocycles. The predicted molar refractivity (Wildman–Crippen MR) is 168 cm³/mol. The van der Waals surface area contributed by atoms with Gasteiger partial charge < -0.3 is 15.0 Å². The first kappa shape index (κ1) is 32.7. The Bertz CT molecular complexity index is 1430. The molecule has 0 radical (unpaired) electrons. The fourth-order valence-corrected chi connectivity index (χ4v) is 5.81. The first-order valence-electron chi connectivity index (χ1n) is 14.3. The number of nitrogens with zero attached hydrogens (tertiary/aromatic N) is 2. The number of benzene rings is 3. The lowest BCUT2D eigenvalue weighted by molar-refractivity contribution is -0.141. The minimum Gasteiger partial charge on any atom is -0.497 e. The van der Waals surface area contributed by atoms with Gasteiger partial charge in [0.25, 0.3) is 0 Å². The second-order valence-electron chi connectivity index (χ2n) is 10.6. The Morgan fingerprint density at radius 1 is 0.952 bits per heavy atom. The van der Waals surface area contributed by atoms with Crippen LogP contribution >= 0.6 is 0 Å². The number of hydrogen-bond donors (Lipinski definition) is 1. The van der Waals surface area contributed by atoms with Crippen molar-refractivity contribution in [2.45, 2.75) is 65.1 Å². The molecule has 0 fully saturated rings. The smallest absolute Gasteiger partial charge is 0.243 e. The van der Waals surface area contributed by atoms with E-state index in [1.54, 1.807) is 24.1 Å². The summed E-state index contributed by atoms with van der Waals surface area (Å²) in [4.78, 5) is 29.3. The Morgan fingerprint density at radius 3 is 2.26 bits per heavy atom. The number of carbonyl (C=O) groups is 2. The zero-order valence-electron chi connectivity index (χ0n) is 25.2. The average Bonchev–Trinajstić information content (AvgIpc) is 2.97. The van der Waals surface area contributed by atoms with Crippen molar-refractivity contribution in [3.63, 3.8) is 0 Å². The fraction of sp³-hybridized carbons (Fsp3) is 0.394. The third-order valence-corrected chi connectivity index (χ3v) is 8.48. The Hall–Kier alpha value is -3.85. The van der Waals surface area contributed by atoms with Crippen LogP contribution in [-0.2, 0) is 32.6 Å². The van der Waals surface area contributed by atoms with Gasteiger partial charge in [-0.25, -0.2) is 8.42 Å². The molecule has 2 amide bonds. The van der Waals surface area contributed by atoms with Crippen molar-refractivity contribution in [2.75, 3.05) is 24.2 Å². The number of nitrogens with one attached hydrogen (secondary N) is 1. The third kappa shape index (κ3) is 9.34. The first-order chi connectivity index (χ1) is 20.0. The average molecular weight is 594 g/mol. The highest BCUT2D eigenvalue weighted by molar-refractivity contribution is 7.92. The molecule has 0 unspecified atom stereocenters. The molecule has 0 aliphatic heterocycles. The van der Waals surface area contributed by atoms with Crippen molar-refractivity contribution in [3.05, 3.63) is 95.6 Å². The summed E-state index contributed by atoms with van der Waals surface area (Å²) in [5.74, 6) is 0.212. The van der Waals surface area contributed by atoms with E-state index in [0.717, 1.165) is 23.1 Å². The van der Waals surface area contributed by atoms with E-state index in [-0.39, 0.29) is 37.4 Å². The summed E-state index contributed by atoms with van der Waals surface area (Å²) in [5, 5.41) is 3.07. The summed E-state index contributed by atoms with van der Waals surface area (Å²) < 4.78 is 32.1. The highest BCUT2D eigenvalue weighted by Crippen LogP contribution is 2.24. The van der Waals surface area contributed by atoms with E-state index in [1.165, 1.54) is 10.6 Å². The normalized spacial score (nSPS) is 12.7. The maximum absolute atomic E-state index is 14.0. The van der Waals surface area contributed by atoms with Crippen LogP contribution in [0, 0.1) is 6.92 Å². The van der Waals surface area contributed by atoms with Gasteiger partial charge in [-0.1, -0.05) is 67.6 Å². The number of hydrogen-bond acceptors (Lipinski definition) is 5. The number of ether oxygens (including phenoxy) is 1. The molecule has 226 valence electrons. The van der Waals surface area contributed by atoms with Crippen LogP contribution in [0.5, 0.6) is 5.75 Å². The molecular formula is C33H43N3O5S. The number of rotatable bonds is 15.